The van der Waals surface area contributed by atoms with Crippen LogP contribution in [0.4, 0.5) is 4.39 Å². The molecule has 2 aliphatic heterocycles. The number of halogens is 2. The normalized spacial score (nSPS) is 22.4. The number of rotatable bonds is 8. The number of nitrogens with one attached hydrogen (secondary N) is 1. The minimum Gasteiger partial charge on any atom is -0.503 e. The molecule has 1 atom stereocenters. The first-order valence-electron chi connectivity index (χ1n) is 10.7. The molecule has 0 aliphatic carbocycles. The fraction of sp³-hybridized carbons (Fsp3) is 0.435. The Morgan fingerprint density at radius 2 is 2.21 bits per heavy atom. The number of aliphatic hydroxyl groups is 1. The molecule has 2 aliphatic rings. The van der Waals surface area contributed by atoms with Crippen molar-refractivity contribution in [3.8, 4) is 0 Å². The van der Waals surface area contributed by atoms with E-state index in [1.165, 1.54) is 41.3 Å². The molecule has 1 unspecified atom stereocenters. The van der Waals surface area contributed by atoms with Crippen molar-refractivity contribution in [3.63, 3.8) is 0 Å². The van der Waals surface area contributed by atoms with Crippen molar-refractivity contribution in [1.29, 1.82) is 0 Å². The third-order valence-electron chi connectivity index (χ3n) is 5.85. The van der Waals surface area contributed by atoms with Gasteiger partial charge < -0.3 is 29.7 Å². The fourth-order valence-electron chi connectivity index (χ4n) is 4.00. The second kappa shape index (κ2) is 11.0. The van der Waals surface area contributed by atoms with Crippen LogP contribution in [0.25, 0.3) is 0 Å². The lowest BCUT2D eigenvalue weighted by molar-refractivity contribution is -0.137. The molecule has 2 heterocycles. The van der Waals surface area contributed by atoms with E-state index in [0.717, 1.165) is 0 Å². The third kappa shape index (κ3) is 5.40. The summed E-state index contributed by atoms with van der Waals surface area (Å²) in [6, 6.07) is 4.14. The van der Waals surface area contributed by atoms with Gasteiger partial charge in [-0.1, -0.05) is 17.7 Å². The number of amides is 2. The highest BCUT2D eigenvalue weighted by Crippen LogP contribution is 2.37. The Bertz CT molecular complexity index is 1020. The maximum atomic E-state index is 13.4. The van der Waals surface area contributed by atoms with E-state index in [0.29, 0.717) is 18.6 Å². The van der Waals surface area contributed by atoms with E-state index in [2.05, 4.69) is 5.32 Å². The zero-order valence-electron chi connectivity index (χ0n) is 19.0. The lowest BCUT2D eigenvalue weighted by Crippen LogP contribution is -2.62. The van der Waals surface area contributed by atoms with Gasteiger partial charge in [0.1, 0.15) is 5.82 Å². The standard InChI is InChI=1S/C23H27ClFN3O6/c1-15(21(31)26-10-16-3-4-18(25)17(24)9-16)11-28-20(19(30)12-29)22(32)27(6-8-33-2)13-23(28)5-7-34-14-23/h3-4,9,11-12,30H,5-8,10,13-14H2,1-2H3,(H,26,31)/b15-11+,20-19+. The van der Waals surface area contributed by atoms with Crippen LogP contribution in [0, 0.1) is 5.82 Å². The van der Waals surface area contributed by atoms with Crippen LogP contribution in [0.5, 0.6) is 0 Å². The van der Waals surface area contributed by atoms with Crippen molar-refractivity contribution < 1.29 is 33.4 Å². The quantitative estimate of drug-likeness (QED) is 0.322. The number of carbonyl (C=O) groups is 3. The van der Waals surface area contributed by atoms with Crippen molar-refractivity contribution in [2.24, 2.45) is 0 Å². The summed E-state index contributed by atoms with van der Waals surface area (Å²) in [6.07, 6.45) is 2.16. The maximum Gasteiger partial charge on any atom is 0.274 e. The topological polar surface area (TPSA) is 108 Å². The van der Waals surface area contributed by atoms with Crippen molar-refractivity contribution >= 4 is 29.7 Å². The summed E-state index contributed by atoms with van der Waals surface area (Å²) in [6.45, 7) is 3.12. The van der Waals surface area contributed by atoms with Gasteiger partial charge in [-0.05, 0) is 31.0 Å². The summed E-state index contributed by atoms with van der Waals surface area (Å²) < 4.78 is 24.1. The first-order valence-corrected chi connectivity index (χ1v) is 11.0. The number of aldehydes is 1. The molecule has 2 N–H and O–H groups in total. The Hall–Kier alpha value is -2.95. The zero-order chi connectivity index (χ0) is 24.9. The molecule has 1 aromatic carbocycles. The molecule has 3 rings (SSSR count). The van der Waals surface area contributed by atoms with E-state index in [-0.39, 0.29) is 55.4 Å². The second-order valence-electron chi connectivity index (χ2n) is 8.21. The minimum absolute atomic E-state index is 0.0499. The van der Waals surface area contributed by atoms with E-state index in [4.69, 9.17) is 21.1 Å². The molecule has 2 fully saturated rings. The summed E-state index contributed by atoms with van der Waals surface area (Å²) in [5.41, 5.74) is -0.150. The molecule has 0 saturated carbocycles. The van der Waals surface area contributed by atoms with Gasteiger partial charge in [0.15, 0.2) is 17.7 Å². The van der Waals surface area contributed by atoms with Gasteiger partial charge >= 0.3 is 0 Å². The van der Waals surface area contributed by atoms with Crippen LogP contribution in [0.15, 0.2) is 41.4 Å². The van der Waals surface area contributed by atoms with E-state index in [1.54, 1.807) is 6.92 Å². The van der Waals surface area contributed by atoms with Gasteiger partial charge in [-0.2, -0.15) is 0 Å². The lowest BCUT2D eigenvalue weighted by Gasteiger charge is -2.48. The first-order chi connectivity index (χ1) is 16.2. The molecule has 34 heavy (non-hydrogen) atoms. The van der Waals surface area contributed by atoms with Crippen molar-refractivity contribution in [3.05, 3.63) is 57.8 Å². The summed E-state index contributed by atoms with van der Waals surface area (Å²) in [7, 11) is 1.51. The van der Waals surface area contributed by atoms with E-state index >= 15 is 0 Å². The van der Waals surface area contributed by atoms with E-state index < -0.39 is 28.9 Å². The van der Waals surface area contributed by atoms with Crippen molar-refractivity contribution in [2.45, 2.75) is 25.4 Å². The monoisotopic (exact) mass is 495 g/mol. The van der Waals surface area contributed by atoms with Crippen LogP contribution in [0.1, 0.15) is 18.9 Å². The average molecular weight is 496 g/mol. The molecule has 2 saturated heterocycles. The number of piperazine rings is 1. The van der Waals surface area contributed by atoms with Crippen LogP contribution in [0.3, 0.4) is 0 Å². The second-order valence-corrected chi connectivity index (χ2v) is 8.62. The van der Waals surface area contributed by atoms with Crippen LogP contribution in [-0.2, 0) is 30.4 Å². The first kappa shape index (κ1) is 25.7. The molecule has 1 spiro atoms. The molecule has 11 heteroatoms. The fourth-order valence-corrected chi connectivity index (χ4v) is 4.20. The zero-order valence-corrected chi connectivity index (χ0v) is 19.7. The van der Waals surface area contributed by atoms with Gasteiger partial charge in [0.25, 0.3) is 5.91 Å². The number of hydrogen-bond acceptors (Lipinski definition) is 7. The molecule has 0 radical (unpaired) electrons. The number of nitrogens with zero attached hydrogens (tertiary/aromatic N) is 2. The SMILES string of the molecule is COCCN1CC2(CCOC2)N(/C=C(\C)C(=O)NCc2ccc(F)c(Cl)c2)/C(=C(/O)C=O)C1=O. The largest absolute Gasteiger partial charge is 0.503 e. The van der Waals surface area contributed by atoms with Gasteiger partial charge in [-0.25, -0.2) is 4.39 Å². The van der Waals surface area contributed by atoms with Gasteiger partial charge in [0.05, 0.1) is 23.8 Å². The summed E-state index contributed by atoms with van der Waals surface area (Å²) >= 11 is 5.79. The number of hydrogen-bond donors (Lipinski definition) is 2. The van der Waals surface area contributed by atoms with Gasteiger partial charge in [-0.3, -0.25) is 14.4 Å². The maximum absolute atomic E-state index is 13.4. The molecule has 2 amide bonds. The Kier molecular flexibility index (Phi) is 8.29. The predicted molar refractivity (Wildman–Crippen MR) is 121 cm³/mol. The van der Waals surface area contributed by atoms with Crippen LogP contribution < -0.4 is 5.32 Å². The molecule has 0 aromatic heterocycles. The van der Waals surface area contributed by atoms with Crippen molar-refractivity contribution in [2.75, 3.05) is 40.0 Å². The van der Waals surface area contributed by atoms with Gasteiger partial charge in [-0.15, -0.1) is 0 Å². The Balaban J connectivity index is 1.88. The third-order valence-corrected chi connectivity index (χ3v) is 6.14. The molecule has 184 valence electrons. The molecular weight excluding hydrogens is 469 g/mol. The summed E-state index contributed by atoms with van der Waals surface area (Å²) in [5, 5.41) is 13.0. The highest BCUT2D eigenvalue weighted by molar-refractivity contribution is 6.30. The molecule has 0 bridgehead atoms. The van der Waals surface area contributed by atoms with Crippen LogP contribution in [0.2, 0.25) is 5.02 Å². The number of methoxy groups -OCH3 is 1. The summed E-state index contributed by atoms with van der Waals surface area (Å²) in [5.74, 6) is -2.29. The Labute approximate surface area is 201 Å². The number of aliphatic hydroxyl groups excluding tert-OH is 1. The smallest absolute Gasteiger partial charge is 0.274 e. The number of benzene rings is 1. The summed E-state index contributed by atoms with van der Waals surface area (Å²) in [4.78, 5) is 40.4. The Morgan fingerprint density at radius 3 is 2.82 bits per heavy atom. The van der Waals surface area contributed by atoms with Gasteiger partial charge in [0.2, 0.25) is 5.91 Å². The van der Waals surface area contributed by atoms with Crippen LogP contribution >= 0.6 is 11.6 Å². The van der Waals surface area contributed by atoms with E-state index in [9.17, 15) is 23.9 Å². The number of allylic oxidation sites excluding steroid dienone is 1. The molecular formula is C23H27ClFN3O6. The molecule has 1 aromatic rings. The minimum atomic E-state index is -0.764. The lowest BCUT2D eigenvalue weighted by atomic mass is 9.90. The highest BCUT2D eigenvalue weighted by Gasteiger charge is 2.50. The average Bonchev–Trinajstić information content (AvgIpc) is 3.29. The molecule has 9 nitrogen and oxygen atoms in total. The highest BCUT2D eigenvalue weighted by atomic mass is 35.5. The Morgan fingerprint density at radius 1 is 1.44 bits per heavy atom. The van der Waals surface area contributed by atoms with E-state index in [1.807, 2.05) is 0 Å². The number of carbonyl (C=O) groups excluding carboxylic acids is 3. The van der Waals surface area contributed by atoms with Crippen LogP contribution in [-0.4, -0.2) is 78.6 Å². The van der Waals surface area contributed by atoms with Gasteiger partial charge in [0, 0.05) is 45.1 Å². The predicted octanol–water partition coefficient (Wildman–Crippen LogP) is 1.92. The van der Waals surface area contributed by atoms with Crippen molar-refractivity contribution in [1.82, 2.24) is 15.1 Å². The number of ether oxygens (including phenoxy) is 2.